The molecule has 3 aromatic rings. The van der Waals surface area contributed by atoms with Crippen LogP contribution in [0.25, 0.3) is 12.2 Å². The van der Waals surface area contributed by atoms with Gasteiger partial charge in [-0.2, -0.15) is 0 Å². The van der Waals surface area contributed by atoms with Crippen molar-refractivity contribution in [3.05, 3.63) is 83.7 Å². The minimum absolute atomic E-state index is 0.0661. The summed E-state index contributed by atoms with van der Waals surface area (Å²) in [7, 11) is 0. The maximum absolute atomic E-state index is 13.4. The van der Waals surface area contributed by atoms with Crippen LogP contribution in [0, 0.1) is 6.92 Å². The molecule has 10 heteroatoms. The molecule has 0 saturated carbocycles. The molecular weight excluding hydrogens is 492 g/mol. The number of carbonyl (C=O) groups is 3. The van der Waals surface area contributed by atoms with Crippen molar-refractivity contribution >= 4 is 58.6 Å². The van der Waals surface area contributed by atoms with E-state index in [4.69, 9.17) is 21.4 Å². The summed E-state index contributed by atoms with van der Waals surface area (Å²) >= 11 is 7.17. The zero-order valence-electron chi connectivity index (χ0n) is 18.7. The fourth-order valence-electron chi connectivity index (χ4n) is 3.86. The van der Waals surface area contributed by atoms with E-state index in [0.717, 1.165) is 22.5 Å². The number of fused-ring (bicyclic) bond motifs is 1. The number of amides is 1. The molecule has 4 rings (SSSR count). The molecule has 1 amide bonds. The van der Waals surface area contributed by atoms with Gasteiger partial charge in [-0.1, -0.05) is 48.0 Å². The Hall–Kier alpha value is -3.69. The fraction of sp³-hybridized carbons (Fsp3) is 0.200. The molecule has 0 fully saturated rings. The highest BCUT2D eigenvalue weighted by Crippen LogP contribution is 2.36. The molecule has 1 aliphatic heterocycles. The first-order valence-corrected chi connectivity index (χ1v) is 11.8. The van der Waals surface area contributed by atoms with Crippen LogP contribution < -0.4 is 19.7 Å². The van der Waals surface area contributed by atoms with Gasteiger partial charge in [0.25, 0.3) is 11.5 Å². The molecule has 0 saturated heterocycles. The van der Waals surface area contributed by atoms with E-state index in [1.54, 1.807) is 18.2 Å². The van der Waals surface area contributed by atoms with E-state index in [1.165, 1.54) is 9.47 Å². The molecule has 0 aliphatic carbocycles. The molecule has 180 valence electrons. The number of esters is 1. The van der Waals surface area contributed by atoms with Crippen LogP contribution in [0.4, 0.5) is 5.69 Å². The lowest BCUT2D eigenvalue weighted by atomic mass is 10.1. The molecule has 8 nitrogen and oxygen atoms in total. The highest BCUT2D eigenvalue weighted by atomic mass is 35.5. The monoisotopic (exact) mass is 512 g/mol. The topological polar surface area (TPSA) is 106 Å². The van der Waals surface area contributed by atoms with Gasteiger partial charge >= 0.3 is 11.9 Å². The molecule has 0 bridgehead atoms. The van der Waals surface area contributed by atoms with Crippen LogP contribution in [0.5, 0.6) is 0 Å². The van der Waals surface area contributed by atoms with E-state index in [1.807, 2.05) is 31.2 Å². The fourth-order valence-corrected chi connectivity index (χ4v) is 5.05. The number of anilines is 1. The Balaban J connectivity index is 1.68. The number of aryl methyl sites for hydroxylation is 1. The molecule has 2 aromatic carbocycles. The second-order valence-electron chi connectivity index (χ2n) is 8.00. The molecule has 0 unspecified atom stereocenters. The van der Waals surface area contributed by atoms with Crippen LogP contribution in [0.3, 0.4) is 0 Å². The summed E-state index contributed by atoms with van der Waals surface area (Å²) in [6, 6.07) is 12.3. The molecule has 0 radical (unpaired) electrons. The third kappa shape index (κ3) is 5.06. The Labute approximate surface area is 208 Å². The maximum Gasteiger partial charge on any atom is 0.326 e. The Morgan fingerprint density at radius 2 is 1.94 bits per heavy atom. The molecule has 1 aliphatic rings. The number of carboxylic acids is 1. The number of aromatic nitrogens is 1. The van der Waals surface area contributed by atoms with E-state index < -0.39 is 23.4 Å². The highest BCUT2D eigenvalue weighted by molar-refractivity contribution is 7.07. The summed E-state index contributed by atoms with van der Waals surface area (Å²) in [6.45, 7) is 5.41. The van der Waals surface area contributed by atoms with Crippen LogP contribution >= 0.6 is 22.9 Å². The third-order valence-corrected chi connectivity index (χ3v) is 6.76. The lowest BCUT2D eigenvalue weighted by Gasteiger charge is -2.16. The highest BCUT2D eigenvalue weighted by Gasteiger charge is 2.36. The average molecular weight is 513 g/mol. The Morgan fingerprint density at radius 3 is 2.66 bits per heavy atom. The van der Waals surface area contributed by atoms with E-state index in [0.29, 0.717) is 20.9 Å². The molecule has 1 aromatic heterocycles. The molecular formula is C25H21ClN2O6S. The van der Waals surface area contributed by atoms with Crippen molar-refractivity contribution < 1.29 is 24.2 Å². The summed E-state index contributed by atoms with van der Waals surface area (Å²) < 4.78 is 7.05. The summed E-state index contributed by atoms with van der Waals surface area (Å²) in [5.41, 5.74) is 2.29. The number of rotatable bonds is 7. The van der Waals surface area contributed by atoms with Crippen molar-refractivity contribution in [2.24, 2.45) is 0 Å². The van der Waals surface area contributed by atoms with Crippen molar-refractivity contribution in [3.8, 4) is 0 Å². The van der Waals surface area contributed by atoms with Gasteiger partial charge < -0.3 is 9.84 Å². The van der Waals surface area contributed by atoms with E-state index in [-0.39, 0.29) is 36.2 Å². The number of thiazole rings is 1. The van der Waals surface area contributed by atoms with Gasteiger partial charge in [-0.3, -0.25) is 28.6 Å². The maximum atomic E-state index is 13.4. The minimum atomic E-state index is -1.05. The van der Waals surface area contributed by atoms with E-state index >= 15 is 0 Å². The first-order valence-electron chi connectivity index (χ1n) is 10.6. The number of carbonyl (C=O) groups excluding carboxylic acids is 2. The predicted octanol–water partition coefficient (Wildman–Crippen LogP) is 2.05. The second-order valence-corrected chi connectivity index (χ2v) is 9.52. The molecule has 2 heterocycles. The number of carboxylic acid groups (broad SMARTS) is 1. The Bertz CT molecular complexity index is 1520. The third-order valence-electron chi connectivity index (χ3n) is 5.48. The van der Waals surface area contributed by atoms with Crippen molar-refractivity contribution in [2.75, 3.05) is 11.4 Å². The first-order chi connectivity index (χ1) is 16.7. The van der Waals surface area contributed by atoms with Crippen LogP contribution in [-0.4, -0.2) is 34.1 Å². The minimum Gasteiger partial charge on any atom is -0.481 e. The number of hydrogen-bond donors (Lipinski definition) is 1. The smallest absolute Gasteiger partial charge is 0.326 e. The van der Waals surface area contributed by atoms with Gasteiger partial charge in [0.2, 0.25) is 0 Å². The summed E-state index contributed by atoms with van der Waals surface area (Å²) in [5.74, 6) is -2.20. The Morgan fingerprint density at radius 1 is 1.17 bits per heavy atom. The van der Waals surface area contributed by atoms with Crippen LogP contribution in [0.2, 0.25) is 5.02 Å². The summed E-state index contributed by atoms with van der Waals surface area (Å²) in [6.07, 6.45) is -0.261. The number of benzene rings is 2. The zero-order valence-corrected chi connectivity index (χ0v) is 20.3. The number of aliphatic carboxylic acids is 1. The van der Waals surface area contributed by atoms with Gasteiger partial charge in [0.05, 0.1) is 22.3 Å². The van der Waals surface area contributed by atoms with Gasteiger partial charge in [0.1, 0.15) is 17.7 Å². The quantitative estimate of drug-likeness (QED) is 0.486. The lowest BCUT2D eigenvalue weighted by Crippen LogP contribution is -2.37. The van der Waals surface area contributed by atoms with Gasteiger partial charge in [-0.25, -0.2) is 0 Å². The van der Waals surface area contributed by atoms with Gasteiger partial charge in [-0.05, 0) is 30.7 Å². The van der Waals surface area contributed by atoms with Crippen molar-refractivity contribution in [2.45, 2.75) is 26.5 Å². The number of nitrogens with zero attached hydrogens (tertiary/aromatic N) is 2. The average Bonchev–Trinajstić information content (AvgIpc) is 3.22. The molecule has 0 atom stereocenters. The van der Waals surface area contributed by atoms with Gasteiger partial charge in [0.15, 0.2) is 0 Å². The number of halogens is 1. The summed E-state index contributed by atoms with van der Waals surface area (Å²) in [5, 5.41) is 9.33. The van der Waals surface area contributed by atoms with Crippen molar-refractivity contribution in [1.29, 1.82) is 0 Å². The SMILES string of the molecule is C=c1s/c(=C2\C(=O)N(CC(=O)OCc3cccc(C)c3)c3ccc(Cl)cc32)c(=O)n1CCC(=O)O. The summed E-state index contributed by atoms with van der Waals surface area (Å²) in [4.78, 5) is 51.3. The Kier molecular flexibility index (Phi) is 6.90. The largest absolute Gasteiger partial charge is 0.481 e. The predicted molar refractivity (Wildman–Crippen MR) is 133 cm³/mol. The zero-order chi connectivity index (χ0) is 25.3. The standard InChI is InChI=1S/C25H21ClN2O6S/c1-14-4-3-5-16(10-14)13-34-21(31)12-28-19-7-6-17(26)11-18(19)22(24(28)32)23-25(33)27(15(2)35-23)9-8-20(29)30/h3-7,10-11H,2,8-9,12-13H2,1H3,(H,29,30)/b23-22-. The van der Waals surface area contributed by atoms with Gasteiger partial charge in [-0.15, -0.1) is 11.3 Å². The van der Waals surface area contributed by atoms with Crippen molar-refractivity contribution in [1.82, 2.24) is 4.57 Å². The van der Waals surface area contributed by atoms with Crippen LogP contribution in [-0.2, 0) is 32.3 Å². The van der Waals surface area contributed by atoms with E-state index in [9.17, 15) is 19.2 Å². The number of hydrogen-bond acceptors (Lipinski definition) is 6. The molecule has 35 heavy (non-hydrogen) atoms. The number of ether oxygens (including phenoxy) is 1. The van der Waals surface area contributed by atoms with Crippen LogP contribution in [0.1, 0.15) is 23.1 Å². The lowest BCUT2D eigenvalue weighted by molar-refractivity contribution is -0.144. The molecule has 1 N–H and O–H groups in total. The van der Waals surface area contributed by atoms with Crippen molar-refractivity contribution in [3.63, 3.8) is 0 Å². The van der Waals surface area contributed by atoms with Gasteiger partial charge in [0, 0.05) is 17.1 Å². The second kappa shape index (κ2) is 9.89. The first kappa shape index (κ1) is 24.4. The molecule has 0 spiro atoms. The van der Waals surface area contributed by atoms with E-state index in [2.05, 4.69) is 6.58 Å². The normalized spacial score (nSPS) is 14.2. The van der Waals surface area contributed by atoms with Crippen LogP contribution in [0.15, 0.2) is 47.3 Å².